The van der Waals surface area contributed by atoms with E-state index >= 15 is 0 Å². The molecule has 8 heteroatoms. The summed E-state index contributed by atoms with van der Waals surface area (Å²) in [7, 11) is 1.54. The van der Waals surface area contributed by atoms with Gasteiger partial charge in [-0.05, 0) is 26.7 Å². The Labute approximate surface area is 124 Å². The normalized spacial score (nSPS) is 18.9. The van der Waals surface area contributed by atoms with Crippen LogP contribution >= 0.6 is 0 Å². The molecule has 1 rings (SSSR count). The third-order valence-electron chi connectivity index (χ3n) is 3.91. The maximum Gasteiger partial charge on any atom is 0.234 e. The summed E-state index contributed by atoms with van der Waals surface area (Å²) in [5.74, 6) is -0.647. The van der Waals surface area contributed by atoms with Gasteiger partial charge in [0.2, 0.25) is 11.8 Å². The minimum atomic E-state index is -1.08. The van der Waals surface area contributed by atoms with E-state index in [1.54, 1.807) is 20.9 Å². The zero-order valence-corrected chi connectivity index (χ0v) is 12.7. The molecule has 0 aromatic carbocycles. The molecule has 1 heterocycles. The van der Waals surface area contributed by atoms with Crippen LogP contribution in [0.1, 0.15) is 26.7 Å². The highest BCUT2D eigenvalue weighted by molar-refractivity contribution is 6.07. The van der Waals surface area contributed by atoms with Crippen LogP contribution in [0.15, 0.2) is 5.16 Å². The predicted molar refractivity (Wildman–Crippen MR) is 76.8 cm³/mol. The zero-order chi connectivity index (χ0) is 16.1. The number of nitrogens with one attached hydrogen (secondary N) is 2. The van der Waals surface area contributed by atoms with E-state index in [4.69, 9.17) is 15.7 Å². The summed E-state index contributed by atoms with van der Waals surface area (Å²) in [5, 5.41) is 17.2. The van der Waals surface area contributed by atoms with E-state index in [-0.39, 0.29) is 24.2 Å². The molecular weight excluding hydrogens is 276 g/mol. The summed E-state index contributed by atoms with van der Waals surface area (Å²) in [6, 6.07) is 0. The van der Waals surface area contributed by atoms with E-state index < -0.39 is 10.8 Å². The molecule has 1 aliphatic rings. The Kier molecular flexibility index (Phi) is 5.54. The fraction of sp³-hybridized carbons (Fsp3) is 0.769. The van der Waals surface area contributed by atoms with E-state index in [0.717, 1.165) is 0 Å². The van der Waals surface area contributed by atoms with Crippen molar-refractivity contribution in [1.82, 2.24) is 10.6 Å². The van der Waals surface area contributed by atoms with Crippen molar-refractivity contribution >= 4 is 17.6 Å². The van der Waals surface area contributed by atoms with Gasteiger partial charge in [0.1, 0.15) is 5.41 Å². The summed E-state index contributed by atoms with van der Waals surface area (Å²) in [5.41, 5.74) is 3.89. The summed E-state index contributed by atoms with van der Waals surface area (Å²) < 4.78 is 5.23. The number of nitrogens with two attached hydrogens (primary N) is 1. The highest BCUT2D eigenvalue weighted by Gasteiger charge is 2.45. The fourth-order valence-corrected chi connectivity index (χ4v) is 2.30. The van der Waals surface area contributed by atoms with Crippen molar-refractivity contribution in [3.8, 4) is 0 Å². The van der Waals surface area contributed by atoms with Gasteiger partial charge in [0, 0.05) is 26.8 Å². The van der Waals surface area contributed by atoms with Crippen LogP contribution < -0.4 is 16.4 Å². The van der Waals surface area contributed by atoms with Crippen molar-refractivity contribution in [3.05, 3.63) is 0 Å². The quantitative estimate of drug-likeness (QED) is 0.234. The molecule has 2 amide bonds. The Morgan fingerprint density at radius 2 is 1.95 bits per heavy atom. The molecule has 0 atom stereocenters. The number of ether oxygens (including phenoxy) is 1. The van der Waals surface area contributed by atoms with Crippen LogP contribution in [0.3, 0.4) is 0 Å². The molecule has 1 fully saturated rings. The molecule has 0 unspecified atom stereocenters. The zero-order valence-electron chi connectivity index (χ0n) is 12.7. The number of carbonyl (C=O) groups excluding carboxylic acids is 2. The van der Waals surface area contributed by atoms with Crippen molar-refractivity contribution in [1.29, 1.82) is 0 Å². The largest absolute Gasteiger partial charge is 0.409 e. The van der Waals surface area contributed by atoms with Gasteiger partial charge < -0.3 is 26.3 Å². The van der Waals surface area contributed by atoms with Gasteiger partial charge in [0.25, 0.3) is 0 Å². The molecule has 1 aliphatic heterocycles. The standard InChI is InChI=1S/C13H24N4O4/c1-12(2,10(18)15-3)8-16-11(19)13(9(14)17-20)4-6-21-7-5-13/h20H,4-8H2,1-3H3,(H2,14,17)(H,15,18)(H,16,19). The van der Waals surface area contributed by atoms with Crippen LogP contribution in [-0.2, 0) is 14.3 Å². The lowest BCUT2D eigenvalue weighted by Crippen LogP contribution is -2.55. The molecule has 21 heavy (non-hydrogen) atoms. The topological polar surface area (TPSA) is 126 Å². The number of amidine groups is 1. The molecule has 0 aromatic rings. The lowest BCUT2D eigenvalue weighted by molar-refractivity contribution is -0.133. The maximum absolute atomic E-state index is 12.5. The molecule has 0 spiro atoms. The van der Waals surface area contributed by atoms with Gasteiger partial charge in [-0.2, -0.15) is 0 Å². The second-order valence-electron chi connectivity index (χ2n) is 5.83. The first-order chi connectivity index (χ1) is 9.80. The summed E-state index contributed by atoms with van der Waals surface area (Å²) >= 11 is 0. The average molecular weight is 300 g/mol. The van der Waals surface area contributed by atoms with Crippen LogP contribution in [0.2, 0.25) is 0 Å². The second kappa shape index (κ2) is 6.75. The molecule has 0 aromatic heterocycles. The van der Waals surface area contributed by atoms with Gasteiger partial charge in [-0.25, -0.2) is 0 Å². The Morgan fingerprint density at radius 3 is 2.43 bits per heavy atom. The first-order valence-corrected chi connectivity index (χ1v) is 6.86. The van der Waals surface area contributed by atoms with E-state index in [1.165, 1.54) is 0 Å². The fourth-order valence-electron chi connectivity index (χ4n) is 2.30. The van der Waals surface area contributed by atoms with Gasteiger partial charge in [-0.15, -0.1) is 0 Å². The molecule has 1 saturated heterocycles. The van der Waals surface area contributed by atoms with Gasteiger partial charge in [0.15, 0.2) is 5.84 Å². The van der Waals surface area contributed by atoms with E-state index in [2.05, 4.69) is 15.8 Å². The van der Waals surface area contributed by atoms with Crippen molar-refractivity contribution in [2.24, 2.45) is 21.7 Å². The van der Waals surface area contributed by atoms with Gasteiger partial charge >= 0.3 is 0 Å². The third-order valence-corrected chi connectivity index (χ3v) is 3.91. The maximum atomic E-state index is 12.5. The monoisotopic (exact) mass is 300 g/mol. The van der Waals surface area contributed by atoms with E-state index in [9.17, 15) is 9.59 Å². The summed E-state index contributed by atoms with van der Waals surface area (Å²) in [6.07, 6.45) is 0.685. The van der Waals surface area contributed by atoms with E-state index in [1.807, 2.05) is 0 Å². The van der Waals surface area contributed by atoms with Gasteiger partial charge in [-0.3, -0.25) is 9.59 Å². The first-order valence-electron chi connectivity index (χ1n) is 6.86. The number of carbonyl (C=O) groups is 2. The molecule has 8 nitrogen and oxygen atoms in total. The van der Waals surface area contributed by atoms with Crippen LogP contribution in [0.4, 0.5) is 0 Å². The smallest absolute Gasteiger partial charge is 0.234 e. The number of hydrogen-bond acceptors (Lipinski definition) is 5. The van der Waals surface area contributed by atoms with Gasteiger partial charge in [-0.1, -0.05) is 5.16 Å². The first kappa shape index (κ1) is 17.2. The van der Waals surface area contributed by atoms with Crippen LogP contribution in [0.25, 0.3) is 0 Å². The average Bonchev–Trinajstić information content (AvgIpc) is 2.51. The van der Waals surface area contributed by atoms with Crippen molar-refractivity contribution in [2.45, 2.75) is 26.7 Å². The van der Waals surface area contributed by atoms with Crippen LogP contribution in [0, 0.1) is 10.8 Å². The third kappa shape index (κ3) is 3.63. The second-order valence-corrected chi connectivity index (χ2v) is 5.83. The Bertz CT molecular complexity index is 428. The number of amides is 2. The molecular formula is C13H24N4O4. The number of rotatable bonds is 5. The molecule has 0 aliphatic carbocycles. The molecule has 0 bridgehead atoms. The number of nitrogens with zero attached hydrogens (tertiary/aromatic N) is 1. The van der Waals surface area contributed by atoms with Crippen molar-refractivity contribution in [2.75, 3.05) is 26.8 Å². The van der Waals surface area contributed by atoms with Crippen LogP contribution in [-0.4, -0.2) is 49.7 Å². The molecule has 0 radical (unpaired) electrons. The predicted octanol–water partition coefficient (Wildman–Crippen LogP) is -0.582. The molecule has 0 saturated carbocycles. The van der Waals surface area contributed by atoms with Crippen molar-refractivity contribution < 1.29 is 19.5 Å². The highest BCUT2D eigenvalue weighted by atomic mass is 16.5. The lowest BCUT2D eigenvalue weighted by Gasteiger charge is -2.35. The summed E-state index contributed by atoms with van der Waals surface area (Å²) in [6.45, 7) is 4.34. The minimum absolute atomic E-state index is 0.124. The van der Waals surface area contributed by atoms with E-state index in [0.29, 0.717) is 26.1 Å². The van der Waals surface area contributed by atoms with Crippen LogP contribution in [0.5, 0.6) is 0 Å². The Balaban J connectivity index is 2.82. The van der Waals surface area contributed by atoms with Gasteiger partial charge in [0.05, 0.1) is 5.41 Å². The Hall–Kier alpha value is -1.83. The summed E-state index contributed by atoms with van der Waals surface area (Å²) in [4.78, 5) is 24.2. The number of oxime groups is 1. The van der Waals surface area contributed by atoms with Crippen molar-refractivity contribution in [3.63, 3.8) is 0 Å². The SMILES string of the molecule is CNC(=O)C(C)(C)CNC(=O)C1(C(N)=NO)CCOCC1. The highest BCUT2D eigenvalue weighted by Crippen LogP contribution is 2.31. The number of hydrogen-bond donors (Lipinski definition) is 4. The minimum Gasteiger partial charge on any atom is -0.409 e. The Morgan fingerprint density at radius 1 is 1.38 bits per heavy atom. The lowest BCUT2D eigenvalue weighted by atomic mass is 9.77. The molecule has 120 valence electrons. The molecule has 5 N–H and O–H groups in total.